The van der Waals surface area contributed by atoms with Crippen LogP contribution in [0, 0.1) is 5.41 Å². The molecule has 0 radical (unpaired) electrons. The minimum absolute atomic E-state index is 0.0492. The quantitative estimate of drug-likeness (QED) is 0.172. The third-order valence-electron chi connectivity index (χ3n) is 8.90. The van der Waals surface area contributed by atoms with Crippen molar-refractivity contribution in [3.8, 4) is 22.3 Å². The Kier molecular flexibility index (Phi) is 6.24. The maximum Gasteiger partial charge on any atom is 0.154 e. The van der Waals surface area contributed by atoms with Crippen LogP contribution >= 0.6 is 0 Å². The van der Waals surface area contributed by atoms with E-state index in [2.05, 4.69) is 104 Å². The van der Waals surface area contributed by atoms with E-state index in [0.29, 0.717) is 5.84 Å². The van der Waals surface area contributed by atoms with E-state index in [0.717, 1.165) is 45.9 Å². The molecular weight excluding hydrogens is 510 g/mol. The van der Waals surface area contributed by atoms with Crippen molar-refractivity contribution in [2.75, 3.05) is 0 Å². The molecule has 5 aromatic rings. The average Bonchev–Trinajstić information content (AvgIpc) is 3.27. The van der Waals surface area contributed by atoms with Gasteiger partial charge in [-0.1, -0.05) is 141 Å². The van der Waals surface area contributed by atoms with Crippen LogP contribution in [0.15, 0.2) is 132 Å². The second-order valence-corrected chi connectivity index (χ2v) is 11.7. The summed E-state index contributed by atoms with van der Waals surface area (Å²) in [5.41, 5.74) is 18.6. The minimum atomic E-state index is 0.0492. The molecule has 0 saturated carbocycles. The summed E-state index contributed by atoms with van der Waals surface area (Å²) in [7, 11) is 0. The molecule has 3 N–H and O–H groups in total. The van der Waals surface area contributed by atoms with Crippen LogP contribution in [0.4, 0.5) is 0 Å². The molecule has 0 bridgehead atoms. The van der Waals surface area contributed by atoms with E-state index in [9.17, 15) is 0 Å². The molecule has 0 saturated heterocycles. The Balaban J connectivity index is 1.34. The number of nitrogens with one attached hydrogen (secondary N) is 1. The molecule has 0 fully saturated rings. The van der Waals surface area contributed by atoms with E-state index >= 15 is 0 Å². The first-order chi connectivity index (χ1) is 20.4. The molecule has 204 valence electrons. The predicted octanol–water partition coefficient (Wildman–Crippen LogP) is 9.30. The zero-order valence-corrected chi connectivity index (χ0v) is 24.0. The topological polar surface area (TPSA) is 62.2 Å². The highest BCUT2D eigenvalue weighted by atomic mass is 14.9. The number of hydrogen-bond acceptors (Lipinski definition) is 1. The third kappa shape index (κ3) is 4.21. The number of nitrogens with two attached hydrogens (primary N) is 1. The number of benzene rings is 5. The summed E-state index contributed by atoms with van der Waals surface area (Å²) in [5, 5.41) is 10.8. The molecule has 2 aliphatic rings. The lowest BCUT2D eigenvalue weighted by atomic mass is 9.78. The van der Waals surface area contributed by atoms with Crippen LogP contribution in [-0.2, 0) is 5.41 Å². The molecular formula is C39H33N3. The Labute approximate surface area is 247 Å². The Morgan fingerprint density at radius 2 is 1.50 bits per heavy atom. The maximum atomic E-state index is 8.55. The second kappa shape index (κ2) is 10.1. The fourth-order valence-corrected chi connectivity index (χ4v) is 6.77. The molecule has 42 heavy (non-hydrogen) atoms. The summed E-state index contributed by atoms with van der Waals surface area (Å²) >= 11 is 0. The smallest absolute Gasteiger partial charge is 0.154 e. The van der Waals surface area contributed by atoms with E-state index < -0.39 is 0 Å². The lowest BCUT2D eigenvalue weighted by molar-refractivity contribution is 0.607. The summed E-state index contributed by atoms with van der Waals surface area (Å²) in [6.07, 6.45) is 6.89. The molecule has 0 atom stereocenters. The highest BCUT2D eigenvalue weighted by molar-refractivity contribution is 6.16. The summed E-state index contributed by atoms with van der Waals surface area (Å²) in [5.74, 6) is 0.481. The number of allylic oxidation sites excluding steroid dienone is 4. The van der Waals surface area contributed by atoms with Crippen LogP contribution < -0.4 is 5.73 Å². The zero-order valence-electron chi connectivity index (χ0n) is 24.0. The van der Waals surface area contributed by atoms with Crippen molar-refractivity contribution in [3.63, 3.8) is 0 Å². The fraction of sp³-hybridized carbons (Fsp3) is 0.128. The maximum absolute atomic E-state index is 8.55. The molecule has 0 spiro atoms. The molecule has 0 aromatic heterocycles. The van der Waals surface area contributed by atoms with Crippen LogP contribution in [-0.4, -0.2) is 11.7 Å². The van der Waals surface area contributed by atoms with E-state index in [4.69, 9.17) is 11.1 Å². The molecule has 0 amide bonds. The van der Waals surface area contributed by atoms with Gasteiger partial charge in [0.15, 0.2) is 5.84 Å². The average molecular weight is 544 g/mol. The Morgan fingerprint density at radius 3 is 2.31 bits per heavy atom. The molecule has 0 unspecified atom stereocenters. The van der Waals surface area contributed by atoms with Gasteiger partial charge in [-0.25, -0.2) is 4.99 Å². The van der Waals surface area contributed by atoms with Crippen molar-refractivity contribution < 1.29 is 0 Å². The van der Waals surface area contributed by atoms with Crippen molar-refractivity contribution in [1.29, 1.82) is 5.41 Å². The first-order valence-corrected chi connectivity index (χ1v) is 14.6. The van der Waals surface area contributed by atoms with Crippen LogP contribution in [0.25, 0.3) is 38.6 Å². The van der Waals surface area contributed by atoms with E-state index in [-0.39, 0.29) is 11.3 Å². The lowest BCUT2D eigenvalue weighted by Crippen LogP contribution is -2.17. The van der Waals surface area contributed by atoms with Crippen molar-refractivity contribution in [3.05, 3.63) is 149 Å². The van der Waals surface area contributed by atoms with Gasteiger partial charge in [-0.15, -0.1) is 0 Å². The molecule has 0 aliphatic heterocycles. The number of aliphatic imine (C=N–C) groups is 1. The third-order valence-corrected chi connectivity index (χ3v) is 8.90. The summed E-state index contributed by atoms with van der Waals surface area (Å²) in [6.45, 7) is 4.73. The Hall–Kier alpha value is -5.02. The molecule has 0 heterocycles. The van der Waals surface area contributed by atoms with Crippen LogP contribution in [0.3, 0.4) is 0 Å². The number of nitrogens with zero attached hydrogens (tertiary/aromatic N) is 1. The lowest BCUT2D eigenvalue weighted by Gasteiger charge is -2.25. The van der Waals surface area contributed by atoms with Crippen molar-refractivity contribution >= 4 is 28.0 Å². The highest BCUT2D eigenvalue weighted by Gasteiger charge is 2.38. The van der Waals surface area contributed by atoms with Gasteiger partial charge in [0.2, 0.25) is 0 Å². The number of hydrogen-bond donors (Lipinski definition) is 2. The Bertz CT molecular complexity index is 1960. The van der Waals surface area contributed by atoms with E-state index in [1.165, 1.54) is 27.8 Å². The van der Waals surface area contributed by atoms with Gasteiger partial charge in [0.05, 0.1) is 0 Å². The van der Waals surface area contributed by atoms with Gasteiger partial charge in [0, 0.05) is 22.1 Å². The van der Waals surface area contributed by atoms with Crippen molar-refractivity contribution in [2.45, 2.75) is 32.1 Å². The molecule has 3 heteroatoms. The normalized spacial score (nSPS) is 15.5. The molecule has 7 rings (SSSR count). The van der Waals surface area contributed by atoms with Crippen LogP contribution in [0.2, 0.25) is 0 Å². The summed E-state index contributed by atoms with van der Waals surface area (Å²) < 4.78 is 0. The highest BCUT2D eigenvalue weighted by Crippen LogP contribution is 2.52. The van der Waals surface area contributed by atoms with Gasteiger partial charge in [-0.3, -0.25) is 5.41 Å². The number of fused-ring (bicyclic) bond motifs is 3. The monoisotopic (exact) mass is 543 g/mol. The SMILES string of the molecule is CC1(C)C2=C(C=CCC2)c2c(-c3ccc(-c4c(/C(N)=N/C(=N)c5ccccc5)ccc5ccccc45)cc3)cccc21. The van der Waals surface area contributed by atoms with Gasteiger partial charge in [0.1, 0.15) is 5.84 Å². The van der Waals surface area contributed by atoms with Crippen molar-refractivity contribution in [2.24, 2.45) is 10.7 Å². The zero-order chi connectivity index (χ0) is 28.8. The fourth-order valence-electron chi connectivity index (χ4n) is 6.77. The van der Waals surface area contributed by atoms with Crippen LogP contribution in [0.1, 0.15) is 48.9 Å². The van der Waals surface area contributed by atoms with Gasteiger partial charge < -0.3 is 5.73 Å². The second-order valence-electron chi connectivity index (χ2n) is 11.7. The summed E-state index contributed by atoms with van der Waals surface area (Å²) in [4.78, 5) is 4.53. The molecule has 5 aromatic carbocycles. The molecule has 2 aliphatic carbocycles. The largest absolute Gasteiger partial charge is 0.383 e. The minimum Gasteiger partial charge on any atom is -0.383 e. The number of rotatable bonds is 4. The first-order valence-electron chi connectivity index (χ1n) is 14.6. The van der Waals surface area contributed by atoms with E-state index in [1.54, 1.807) is 5.57 Å². The van der Waals surface area contributed by atoms with E-state index in [1.807, 2.05) is 36.4 Å². The number of amidine groups is 2. The summed E-state index contributed by atoms with van der Waals surface area (Å²) in [6, 6.07) is 37.6. The van der Waals surface area contributed by atoms with Gasteiger partial charge in [-0.2, -0.15) is 0 Å². The van der Waals surface area contributed by atoms with Gasteiger partial charge in [-0.05, 0) is 57.0 Å². The Morgan fingerprint density at radius 1 is 0.762 bits per heavy atom. The first kappa shape index (κ1) is 25.9. The van der Waals surface area contributed by atoms with Crippen LogP contribution in [0.5, 0.6) is 0 Å². The predicted molar refractivity (Wildman–Crippen MR) is 177 cm³/mol. The van der Waals surface area contributed by atoms with Gasteiger partial charge >= 0.3 is 0 Å². The van der Waals surface area contributed by atoms with Crippen molar-refractivity contribution in [1.82, 2.24) is 0 Å². The molecule has 3 nitrogen and oxygen atoms in total. The standard InChI is InChI=1S/C39H33N3/c1-39(2)33-17-9-8-15-31(33)36-30(16-10-18-34(36)39)26-19-21-27(22-20-26)35-29-14-7-6-11-25(29)23-24-32(35)38(41)42-37(40)28-12-4-3-5-13-28/h3-8,10-16,18-24H,9,17H2,1-2H3,(H3,40,41,42). The van der Waals surface area contributed by atoms with Gasteiger partial charge in [0.25, 0.3) is 0 Å².